The minimum Gasteiger partial charge on any atom is -0.481 e. The Labute approximate surface area is 160 Å². The van der Waals surface area contributed by atoms with E-state index >= 15 is 0 Å². The fourth-order valence-electron chi connectivity index (χ4n) is 2.48. The summed E-state index contributed by atoms with van der Waals surface area (Å²) < 4.78 is 24.6. The second-order valence-electron chi connectivity index (χ2n) is 5.78. The number of methoxy groups -OCH3 is 1. The lowest BCUT2D eigenvalue weighted by molar-refractivity contribution is -0.139. The molecule has 2 aromatic carbocycles. The van der Waals surface area contributed by atoms with Gasteiger partial charge in [0.25, 0.3) is 5.91 Å². The molecule has 9 heteroatoms. The molecule has 0 radical (unpaired) electrons. The molecule has 0 saturated heterocycles. The molecule has 0 saturated carbocycles. The monoisotopic (exact) mass is 389 g/mol. The minimum absolute atomic E-state index is 0.0662. The molecule has 5 N–H and O–H groups in total. The molecular formula is C19H20FN3O5. The van der Waals surface area contributed by atoms with Gasteiger partial charge >= 0.3 is 5.97 Å². The third-order valence-corrected chi connectivity index (χ3v) is 3.83. The van der Waals surface area contributed by atoms with Crippen LogP contribution in [0.2, 0.25) is 0 Å². The van der Waals surface area contributed by atoms with Crippen LogP contribution in [0.15, 0.2) is 42.5 Å². The van der Waals surface area contributed by atoms with Crippen LogP contribution in [-0.4, -0.2) is 36.5 Å². The highest BCUT2D eigenvalue weighted by atomic mass is 19.1. The predicted octanol–water partition coefficient (Wildman–Crippen LogP) is 1.58. The van der Waals surface area contributed by atoms with Gasteiger partial charge in [-0.15, -0.1) is 0 Å². The van der Waals surface area contributed by atoms with Gasteiger partial charge in [0, 0.05) is 19.2 Å². The predicted molar refractivity (Wildman–Crippen MR) is 98.6 cm³/mol. The van der Waals surface area contributed by atoms with Gasteiger partial charge in [-0.3, -0.25) is 10.2 Å². The first kappa shape index (κ1) is 20.8. The van der Waals surface area contributed by atoms with Gasteiger partial charge in [0.2, 0.25) is 0 Å². The van der Waals surface area contributed by atoms with Crippen molar-refractivity contribution in [1.29, 1.82) is 5.41 Å². The Morgan fingerprint density at radius 1 is 1.25 bits per heavy atom. The van der Waals surface area contributed by atoms with E-state index in [0.29, 0.717) is 5.56 Å². The maximum absolute atomic E-state index is 14.3. The first-order valence-electron chi connectivity index (χ1n) is 8.20. The molecule has 1 amide bonds. The summed E-state index contributed by atoms with van der Waals surface area (Å²) in [5.41, 5.74) is 6.50. The van der Waals surface area contributed by atoms with Crippen LogP contribution in [0.4, 0.5) is 4.39 Å². The Morgan fingerprint density at radius 2 is 1.93 bits per heavy atom. The summed E-state index contributed by atoms with van der Waals surface area (Å²) in [6.07, 6.45) is -1.33. The van der Waals surface area contributed by atoms with Crippen LogP contribution in [0, 0.1) is 11.2 Å². The number of rotatable bonds is 9. The van der Waals surface area contributed by atoms with Crippen LogP contribution in [0.3, 0.4) is 0 Å². The van der Waals surface area contributed by atoms with E-state index in [2.05, 4.69) is 5.32 Å². The number of nitrogen functional groups attached to an aromatic ring is 1. The molecule has 0 aliphatic carbocycles. The summed E-state index contributed by atoms with van der Waals surface area (Å²) in [5.74, 6) is -2.76. The summed E-state index contributed by atoms with van der Waals surface area (Å²) in [4.78, 5) is 23.3. The third kappa shape index (κ3) is 5.27. The van der Waals surface area contributed by atoms with Gasteiger partial charge in [-0.2, -0.15) is 0 Å². The molecule has 2 aromatic rings. The molecule has 0 aliphatic rings. The van der Waals surface area contributed by atoms with Crippen molar-refractivity contribution in [3.05, 3.63) is 65.0 Å². The molecule has 0 spiro atoms. The summed E-state index contributed by atoms with van der Waals surface area (Å²) in [5, 5.41) is 18.7. The SMILES string of the molecule is COC(C(=O)NCc1ccc(C(=N)N)cc1)c1c(F)cccc1OCC(=O)O. The zero-order valence-corrected chi connectivity index (χ0v) is 15.1. The van der Waals surface area contributed by atoms with Crippen LogP contribution in [-0.2, 0) is 20.9 Å². The number of carbonyl (C=O) groups is 2. The number of nitrogens with one attached hydrogen (secondary N) is 2. The van der Waals surface area contributed by atoms with Crippen LogP contribution < -0.4 is 15.8 Å². The molecule has 8 nitrogen and oxygen atoms in total. The fourth-order valence-corrected chi connectivity index (χ4v) is 2.48. The third-order valence-electron chi connectivity index (χ3n) is 3.83. The highest BCUT2D eigenvalue weighted by molar-refractivity contribution is 5.94. The lowest BCUT2D eigenvalue weighted by atomic mass is 10.1. The summed E-state index contributed by atoms with van der Waals surface area (Å²) in [7, 11) is 1.24. The molecule has 0 aromatic heterocycles. The Kier molecular flexibility index (Phi) is 7.05. The fraction of sp³-hybridized carbons (Fsp3) is 0.211. The average Bonchev–Trinajstić information content (AvgIpc) is 2.67. The van der Waals surface area contributed by atoms with E-state index in [9.17, 15) is 14.0 Å². The topological polar surface area (TPSA) is 135 Å². The number of aliphatic carboxylic acids is 1. The van der Waals surface area contributed by atoms with Crippen molar-refractivity contribution in [3.63, 3.8) is 0 Å². The number of carbonyl (C=O) groups excluding carboxylic acids is 1. The summed E-state index contributed by atoms with van der Waals surface area (Å²) in [6, 6.07) is 10.5. The average molecular weight is 389 g/mol. The van der Waals surface area contributed by atoms with Gasteiger partial charge < -0.3 is 25.6 Å². The number of hydrogen-bond acceptors (Lipinski definition) is 5. The number of nitrogens with two attached hydrogens (primary N) is 1. The van der Waals surface area contributed by atoms with Gasteiger partial charge in [-0.1, -0.05) is 30.3 Å². The molecule has 2 rings (SSSR count). The molecule has 28 heavy (non-hydrogen) atoms. The van der Waals surface area contributed by atoms with Gasteiger partial charge in [-0.05, 0) is 17.7 Å². The first-order chi connectivity index (χ1) is 13.3. The second-order valence-corrected chi connectivity index (χ2v) is 5.78. The minimum atomic E-state index is -1.33. The molecule has 1 unspecified atom stereocenters. The number of carboxylic acids is 1. The van der Waals surface area contributed by atoms with E-state index in [1.165, 1.54) is 19.2 Å². The molecule has 0 bridgehead atoms. The quantitative estimate of drug-likeness (QED) is 0.380. The lowest BCUT2D eigenvalue weighted by Crippen LogP contribution is -2.31. The molecule has 0 heterocycles. The van der Waals surface area contributed by atoms with Crippen molar-refractivity contribution in [2.45, 2.75) is 12.6 Å². The molecule has 0 fully saturated rings. The van der Waals surface area contributed by atoms with Crippen molar-refractivity contribution in [2.24, 2.45) is 5.73 Å². The number of hydrogen-bond donors (Lipinski definition) is 4. The number of halogens is 1. The van der Waals surface area contributed by atoms with Gasteiger partial charge in [0.1, 0.15) is 17.4 Å². The number of amidine groups is 1. The van der Waals surface area contributed by atoms with Crippen molar-refractivity contribution < 1.29 is 28.6 Å². The van der Waals surface area contributed by atoms with E-state index in [4.69, 9.17) is 25.7 Å². The van der Waals surface area contributed by atoms with Gasteiger partial charge in [0.05, 0.1) is 5.56 Å². The van der Waals surface area contributed by atoms with E-state index in [0.717, 1.165) is 11.6 Å². The molecule has 148 valence electrons. The van der Waals surface area contributed by atoms with Crippen molar-refractivity contribution in [2.75, 3.05) is 13.7 Å². The number of benzene rings is 2. The first-order valence-corrected chi connectivity index (χ1v) is 8.20. The lowest BCUT2D eigenvalue weighted by Gasteiger charge is -2.19. The largest absolute Gasteiger partial charge is 0.481 e. The van der Waals surface area contributed by atoms with Gasteiger partial charge in [0.15, 0.2) is 12.7 Å². The highest BCUT2D eigenvalue weighted by Crippen LogP contribution is 2.30. The molecular weight excluding hydrogens is 369 g/mol. The zero-order valence-electron chi connectivity index (χ0n) is 15.1. The number of ether oxygens (including phenoxy) is 2. The Morgan fingerprint density at radius 3 is 2.50 bits per heavy atom. The summed E-state index contributed by atoms with van der Waals surface area (Å²) >= 11 is 0. The van der Waals surface area contributed by atoms with Gasteiger partial charge in [-0.25, -0.2) is 9.18 Å². The van der Waals surface area contributed by atoms with E-state index in [-0.39, 0.29) is 23.7 Å². The number of carboxylic acid groups (broad SMARTS) is 1. The standard InChI is InChI=1S/C19H20FN3O5/c1-27-17(16-13(20)3-2-4-14(16)28-10-15(24)25)19(26)23-9-11-5-7-12(8-6-11)18(21)22/h2-8,17H,9-10H2,1H3,(H3,21,22)(H,23,26)(H,24,25). The van der Waals surface area contributed by atoms with Crippen LogP contribution in [0.1, 0.15) is 22.8 Å². The Balaban J connectivity index is 2.14. The maximum atomic E-state index is 14.3. The zero-order chi connectivity index (χ0) is 20.7. The van der Waals surface area contributed by atoms with Crippen molar-refractivity contribution >= 4 is 17.7 Å². The second kappa shape index (κ2) is 9.47. The highest BCUT2D eigenvalue weighted by Gasteiger charge is 2.27. The maximum Gasteiger partial charge on any atom is 0.341 e. The number of amides is 1. The molecule has 0 aliphatic heterocycles. The van der Waals surface area contributed by atoms with Crippen LogP contribution >= 0.6 is 0 Å². The van der Waals surface area contributed by atoms with E-state index < -0.39 is 30.4 Å². The van der Waals surface area contributed by atoms with Crippen LogP contribution in [0.25, 0.3) is 0 Å². The smallest absolute Gasteiger partial charge is 0.341 e. The van der Waals surface area contributed by atoms with Crippen LogP contribution in [0.5, 0.6) is 5.75 Å². The molecule has 1 atom stereocenters. The normalized spacial score (nSPS) is 11.5. The van der Waals surface area contributed by atoms with Crippen molar-refractivity contribution in [1.82, 2.24) is 5.32 Å². The Bertz CT molecular complexity index is 870. The van der Waals surface area contributed by atoms with E-state index in [1.54, 1.807) is 24.3 Å². The summed E-state index contributed by atoms with van der Waals surface area (Å²) in [6.45, 7) is -0.548. The van der Waals surface area contributed by atoms with E-state index in [1.807, 2.05) is 0 Å². The Hall–Kier alpha value is -3.46. The van der Waals surface area contributed by atoms with Crippen molar-refractivity contribution in [3.8, 4) is 5.75 Å².